The van der Waals surface area contributed by atoms with Crippen molar-refractivity contribution in [3.63, 3.8) is 0 Å². The highest BCUT2D eigenvalue weighted by Gasteiger charge is 2.16. The lowest BCUT2D eigenvalue weighted by atomic mass is 10.1. The summed E-state index contributed by atoms with van der Waals surface area (Å²) in [6.45, 7) is 1.87. The van der Waals surface area contributed by atoms with Crippen LogP contribution in [0.3, 0.4) is 0 Å². The smallest absolute Gasteiger partial charge is 0.183 e. The summed E-state index contributed by atoms with van der Waals surface area (Å²) in [6.07, 6.45) is 4.70. The van der Waals surface area contributed by atoms with Crippen molar-refractivity contribution in [2.45, 2.75) is 13.0 Å². The van der Waals surface area contributed by atoms with Crippen LogP contribution in [-0.4, -0.2) is 26.1 Å². The fourth-order valence-electron chi connectivity index (χ4n) is 2.41. The Labute approximate surface area is 97.5 Å². The van der Waals surface area contributed by atoms with Crippen molar-refractivity contribution >= 4 is 16.7 Å². The Morgan fingerprint density at radius 1 is 1.29 bits per heavy atom. The van der Waals surface area contributed by atoms with Crippen LogP contribution in [0.25, 0.3) is 16.7 Å². The minimum atomic E-state index is 0.770. The third-order valence-corrected chi connectivity index (χ3v) is 3.25. The van der Waals surface area contributed by atoms with Gasteiger partial charge in [-0.2, -0.15) is 0 Å². The SMILES string of the molecule is c1cnc2nn3c4c(cnc3c2c1)CNCC4. The zero-order chi connectivity index (χ0) is 11.2. The monoisotopic (exact) mass is 225 g/mol. The van der Waals surface area contributed by atoms with Crippen LogP contribution in [0.5, 0.6) is 0 Å². The van der Waals surface area contributed by atoms with Crippen LogP contribution in [0.15, 0.2) is 24.5 Å². The second-order valence-corrected chi connectivity index (χ2v) is 4.27. The van der Waals surface area contributed by atoms with Crippen molar-refractivity contribution in [1.82, 2.24) is 24.9 Å². The molecule has 0 atom stereocenters. The number of nitrogens with zero attached hydrogens (tertiary/aromatic N) is 4. The van der Waals surface area contributed by atoms with Crippen molar-refractivity contribution < 1.29 is 0 Å². The summed E-state index contributed by atoms with van der Waals surface area (Å²) in [7, 11) is 0. The number of hydrogen-bond acceptors (Lipinski definition) is 4. The van der Waals surface area contributed by atoms with Gasteiger partial charge in [0.15, 0.2) is 11.3 Å². The molecule has 0 aromatic carbocycles. The molecular weight excluding hydrogens is 214 g/mol. The maximum absolute atomic E-state index is 4.54. The maximum Gasteiger partial charge on any atom is 0.183 e. The van der Waals surface area contributed by atoms with Crippen molar-refractivity contribution in [2.24, 2.45) is 0 Å². The van der Waals surface area contributed by atoms with E-state index < -0.39 is 0 Å². The molecule has 1 aliphatic heterocycles. The third-order valence-electron chi connectivity index (χ3n) is 3.25. The highest BCUT2D eigenvalue weighted by atomic mass is 15.3. The van der Waals surface area contributed by atoms with Crippen LogP contribution in [0.2, 0.25) is 0 Å². The number of hydrogen-bond donors (Lipinski definition) is 1. The highest BCUT2D eigenvalue weighted by Crippen LogP contribution is 2.20. The Kier molecular flexibility index (Phi) is 1.73. The van der Waals surface area contributed by atoms with Gasteiger partial charge in [0.1, 0.15) is 0 Å². The van der Waals surface area contributed by atoms with E-state index in [2.05, 4.69) is 20.4 Å². The lowest BCUT2D eigenvalue weighted by Gasteiger charge is -2.16. The quantitative estimate of drug-likeness (QED) is 0.618. The van der Waals surface area contributed by atoms with Crippen LogP contribution in [0.4, 0.5) is 0 Å². The van der Waals surface area contributed by atoms with Gasteiger partial charge >= 0.3 is 0 Å². The average Bonchev–Trinajstić information content (AvgIpc) is 2.78. The van der Waals surface area contributed by atoms with Crippen LogP contribution in [0, 0.1) is 0 Å². The fraction of sp³-hybridized carbons (Fsp3) is 0.250. The van der Waals surface area contributed by atoms with Gasteiger partial charge in [-0.1, -0.05) is 0 Å². The number of pyridine rings is 1. The van der Waals surface area contributed by atoms with Gasteiger partial charge in [0.05, 0.1) is 11.1 Å². The molecule has 0 amide bonds. The number of nitrogens with one attached hydrogen (secondary N) is 1. The van der Waals surface area contributed by atoms with Crippen molar-refractivity contribution in [3.8, 4) is 0 Å². The molecule has 3 aromatic heterocycles. The molecule has 84 valence electrons. The number of aromatic nitrogens is 4. The summed E-state index contributed by atoms with van der Waals surface area (Å²) in [5, 5.41) is 8.91. The maximum atomic E-state index is 4.54. The summed E-state index contributed by atoms with van der Waals surface area (Å²) < 4.78 is 1.95. The Morgan fingerprint density at radius 2 is 2.29 bits per heavy atom. The minimum Gasteiger partial charge on any atom is -0.312 e. The lowest BCUT2D eigenvalue weighted by Crippen LogP contribution is -2.26. The predicted octanol–water partition coefficient (Wildman–Crippen LogP) is 0.923. The van der Waals surface area contributed by atoms with Crippen LogP contribution < -0.4 is 5.32 Å². The molecule has 0 unspecified atom stereocenters. The molecule has 0 spiro atoms. The summed E-state index contributed by atoms with van der Waals surface area (Å²) in [4.78, 5) is 8.78. The van der Waals surface area contributed by atoms with E-state index in [1.165, 1.54) is 11.3 Å². The van der Waals surface area contributed by atoms with Crippen molar-refractivity contribution in [1.29, 1.82) is 0 Å². The van der Waals surface area contributed by atoms with Crippen molar-refractivity contribution in [3.05, 3.63) is 35.8 Å². The molecular formula is C12H11N5. The molecule has 4 heterocycles. The molecule has 0 aliphatic carbocycles. The molecule has 0 radical (unpaired) electrons. The zero-order valence-corrected chi connectivity index (χ0v) is 9.22. The Bertz CT molecular complexity index is 715. The predicted molar refractivity (Wildman–Crippen MR) is 63.7 cm³/mol. The Balaban J connectivity index is 2.16. The normalized spacial score (nSPS) is 15.3. The number of fused-ring (bicyclic) bond motifs is 5. The van der Waals surface area contributed by atoms with Gasteiger partial charge in [-0.25, -0.2) is 14.5 Å². The summed E-state index contributed by atoms with van der Waals surface area (Å²) >= 11 is 0. The standard InChI is InChI=1S/C12H11N5/c1-2-9-11(14-4-1)16-17-10-3-5-13-6-8(10)7-15-12(9)17/h1-2,4,7,13H,3,5-6H2. The van der Waals surface area contributed by atoms with Crippen LogP contribution in [0.1, 0.15) is 11.3 Å². The first-order valence-electron chi connectivity index (χ1n) is 5.74. The van der Waals surface area contributed by atoms with E-state index in [0.717, 1.165) is 36.2 Å². The Morgan fingerprint density at radius 3 is 3.29 bits per heavy atom. The first-order valence-corrected chi connectivity index (χ1v) is 5.74. The summed E-state index contributed by atoms with van der Waals surface area (Å²) in [5.41, 5.74) is 4.17. The molecule has 0 saturated carbocycles. The summed E-state index contributed by atoms with van der Waals surface area (Å²) in [6, 6.07) is 3.94. The largest absolute Gasteiger partial charge is 0.312 e. The van der Waals surface area contributed by atoms with Crippen LogP contribution >= 0.6 is 0 Å². The van der Waals surface area contributed by atoms with Gasteiger partial charge in [-0.05, 0) is 12.1 Å². The first kappa shape index (κ1) is 9.07. The minimum absolute atomic E-state index is 0.770. The van der Waals surface area contributed by atoms with Gasteiger partial charge in [0, 0.05) is 37.5 Å². The average molecular weight is 225 g/mol. The molecule has 0 saturated heterocycles. The highest BCUT2D eigenvalue weighted by molar-refractivity contribution is 5.89. The second kappa shape index (κ2) is 3.24. The molecule has 5 heteroatoms. The first-order chi connectivity index (χ1) is 8.43. The summed E-state index contributed by atoms with van der Waals surface area (Å²) in [5.74, 6) is 0. The molecule has 0 bridgehead atoms. The third kappa shape index (κ3) is 1.20. The number of rotatable bonds is 0. The van der Waals surface area contributed by atoms with E-state index in [9.17, 15) is 0 Å². The molecule has 5 nitrogen and oxygen atoms in total. The molecule has 1 N–H and O–H groups in total. The van der Waals surface area contributed by atoms with E-state index in [1.807, 2.05) is 22.8 Å². The Hall–Kier alpha value is -2.01. The van der Waals surface area contributed by atoms with Gasteiger partial charge < -0.3 is 5.32 Å². The fourth-order valence-corrected chi connectivity index (χ4v) is 2.41. The topological polar surface area (TPSA) is 55.1 Å². The van der Waals surface area contributed by atoms with E-state index in [-0.39, 0.29) is 0 Å². The lowest BCUT2D eigenvalue weighted by molar-refractivity contribution is 0.611. The second-order valence-electron chi connectivity index (χ2n) is 4.27. The van der Waals surface area contributed by atoms with Gasteiger partial charge in [-0.15, -0.1) is 5.10 Å². The molecule has 1 aliphatic rings. The van der Waals surface area contributed by atoms with Crippen molar-refractivity contribution in [2.75, 3.05) is 6.54 Å². The van der Waals surface area contributed by atoms with Gasteiger partial charge in [0.25, 0.3) is 0 Å². The van der Waals surface area contributed by atoms with E-state index >= 15 is 0 Å². The van der Waals surface area contributed by atoms with E-state index in [4.69, 9.17) is 0 Å². The zero-order valence-electron chi connectivity index (χ0n) is 9.22. The van der Waals surface area contributed by atoms with Crippen LogP contribution in [-0.2, 0) is 13.0 Å². The molecule has 17 heavy (non-hydrogen) atoms. The van der Waals surface area contributed by atoms with E-state index in [1.54, 1.807) is 6.20 Å². The molecule has 3 aromatic rings. The molecule has 4 rings (SSSR count). The van der Waals surface area contributed by atoms with Gasteiger partial charge in [0.2, 0.25) is 0 Å². The van der Waals surface area contributed by atoms with E-state index in [0.29, 0.717) is 0 Å². The van der Waals surface area contributed by atoms with Gasteiger partial charge in [-0.3, -0.25) is 0 Å². The molecule has 0 fully saturated rings.